The zero-order valence-corrected chi connectivity index (χ0v) is 14.2. The first-order chi connectivity index (χ1) is 11.0. The van der Waals surface area contributed by atoms with Gasteiger partial charge in [0.25, 0.3) is 11.8 Å². The zero-order valence-electron chi connectivity index (χ0n) is 14.2. The van der Waals surface area contributed by atoms with Crippen molar-refractivity contribution in [3.8, 4) is 0 Å². The average molecular weight is 318 g/mol. The van der Waals surface area contributed by atoms with Crippen LogP contribution < -0.4 is 0 Å². The fourth-order valence-electron chi connectivity index (χ4n) is 3.03. The third-order valence-electron chi connectivity index (χ3n) is 4.54. The molecule has 2 rings (SSSR count). The van der Waals surface area contributed by atoms with E-state index >= 15 is 0 Å². The number of carbonyl (C=O) groups excluding carboxylic acids is 2. The molecule has 0 aromatic heterocycles. The van der Waals surface area contributed by atoms with Crippen molar-refractivity contribution >= 4 is 11.8 Å². The van der Waals surface area contributed by atoms with Crippen LogP contribution in [0.3, 0.4) is 0 Å². The average Bonchev–Trinajstić information content (AvgIpc) is 2.59. The second kappa shape index (κ2) is 7.59. The van der Waals surface area contributed by atoms with Crippen LogP contribution in [0.15, 0.2) is 24.3 Å². The van der Waals surface area contributed by atoms with E-state index < -0.39 is 6.10 Å². The number of likely N-dealkylation sites (tertiary alicyclic amines) is 1. The van der Waals surface area contributed by atoms with E-state index in [0.29, 0.717) is 24.2 Å². The van der Waals surface area contributed by atoms with Gasteiger partial charge in [0, 0.05) is 31.3 Å². The molecule has 0 saturated carbocycles. The monoisotopic (exact) mass is 318 g/mol. The van der Waals surface area contributed by atoms with Crippen LogP contribution in [-0.2, 0) is 0 Å². The van der Waals surface area contributed by atoms with Crippen molar-refractivity contribution in [2.45, 2.75) is 45.3 Å². The Morgan fingerprint density at radius 2 is 2.04 bits per heavy atom. The summed E-state index contributed by atoms with van der Waals surface area (Å²) in [5.41, 5.74) is 1.03. The largest absolute Gasteiger partial charge is 0.391 e. The van der Waals surface area contributed by atoms with Crippen LogP contribution in [0.2, 0.25) is 0 Å². The highest BCUT2D eigenvalue weighted by molar-refractivity contribution is 5.99. The van der Waals surface area contributed by atoms with Gasteiger partial charge >= 0.3 is 0 Å². The minimum Gasteiger partial charge on any atom is -0.391 e. The molecule has 2 atom stereocenters. The number of amides is 2. The number of nitrogens with zero attached hydrogens (tertiary/aromatic N) is 2. The molecule has 0 radical (unpaired) electrons. The molecule has 0 spiro atoms. The number of aliphatic hydroxyl groups is 1. The van der Waals surface area contributed by atoms with Crippen LogP contribution in [0.1, 0.15) is 53.8 Å². The van der Waals surface area contributed by atoms with E-state index in [0.717, 1.165) is 19.3 Å². The fourth-order valence-corrected chi connectivity index (χ4v) is 3.03. The summed E-state index contributed by atoms with van der Waals surface area (Å²) in [6, 6.07) is 6.72. The highest BCUT2D eigenvalue weighted by Crippen LogP contribution is 2.22. The summed E-state index contributed by atoms with van der Waals surface area (Å²) >= 11 is 0. The number of piperidine rings is 1. The van der Waals surface area contributed by atoms with Gasteiger partial charge in [0.1, 0.15) is 0 Å². The van der Waals surface area contributed by atoms with Crippen LogP contribution in [-0.4, -0.2) is 59.0 Å². The molecule has 1 heterocycles. The highest BCUT2D eigenvalue weighted by Gasteiger charge is 2.30. The molecule has 1 aliphatic rings. The summed E-state index contributed by atoms with van der Waals surface area (Å²) in [7, 11) is 1.74. The van der Waals surface area contributed by atoms with Gasteiger partial charge in [0.05, 0.1) is 12.1 Å². The molecule has 1 saturated heterocycles. The van der Waals surface area contributed by atoms with E-state index in [1.165, 1.54) is 0 Å². The zero-order chi connectivity index (χ0) is 17.0. The third-order valence-corrected chi connectivity index (χ3v) is 4.54. The van der Waals surface area contributed by atoms with E-state index in [1.807, 2.05) is 6.92 Å². The lowest BCUT2D eigenvalue weighted by Crippen LogP contribution is -2.48. The van der Waals surface area contributed by atoms with Gasteiger partial charge in [-0.1, -0.05) is 6.07 Å². The van der Waals surface area contributed by atoms with Crippen molar-refractivity contribution in [3.05, 3.63) is 35.4 Å². The molecule has 0 bridgehead atoms. The number of aliphatic hydroxyl groups excluding tert-OH is 1. The molecule has 1 N–H and O–H groups in total. The molecular weight excluding hydrogens is 292 g/mol. The van der Waals surface area contributed by atoms with Gasteiger partial charge in [-0.05, 0) is 51.3 Å². The first-order valence-electron chi connectivity index (χ1n) is 8.30. The Labute approximate surface area is 137 Å². The van der Waals surface area contributed by atoms with Gasteiger partial charge in [-0.15, -0.1) is 0 Å². The Hall–Kier alpha value is -1.88. The summed E-state index contributed by atoms with van der Waals surface area (Å²) in [5.74, 6) is -0.197. The number of benzene rings is 1. The van der Waals surface area contributed by atoms with Gasteiger partial charge in [-0.2, -0.15) is 0 Å². The lowest BCUT2D eigenvalue weighted by molar-refractivity contribution is 0.0281. The molecule has 1 fully saturated rings. The van der Waals surface area contributed by atoms with Crippen molar-refractivity contribution < 1.29 is 14.7 Å². The highest BCUT2D eigenvalue weighted by atomic mass is 16.3. The maximum absolute atomic E-state index is 12.8. The number of hydrogen-bond donors (Lipinski definition) is 1. The Kier molecular flexibility index (Phi) is 5.77. The maximum Gasteiger partial charge on any atom is 0.254 e. The minimum atomic E-state index is -0.546. The molecule has 0 aliphatic carbocycles. The second-order valence-electron chi connectivity index (χ2n) is 6.20. The van der Waals surface area contributed by atoms with Gasteiger partial charge in [0.15, 0.2) is 0 Å². The Bertz CT molecular complexity index is 571. The van der Waals surface area contributed by atoms with Gasteiger partial charge < -0.3 is 14.9 Å². The van der Waals surface area contributed by atoms with Crippen LogP contribution in [0.5, 0.6) is 0 Å². The van der Waals surface area contributed by atoms with Crippen molar-refractivity contribution in [3.63, 3.8) is 0 Å². The molecule has 126 valence electrons. The van der Waals surface area contributed by atoms with E-state index in [1.54, 1.807) is 48.0 Å². The summed E-state index contributed by atoms with van der Waals surface area (Å²) < 4.78 is 0. The Morgan fingerprint density at radius 3 is 2.70 bits per heavy atom. The van der Waals surface area contributed by atoms with E-state index in [9.17, 15) is 14.7 Å². The summed E-state index contributed by atoms with van der Waals surface area (Å²) in [6.07, 6.45) is 2.25. The van der Waals surface area contributed by atoms with E-state index in [2.05, 4.69) is 0 Å². The van der Waals surface area contributed by atoms with Crippen LogP contribution in [0.25, 0.3) is 0 Å². The van der Waals surface area contributed by atoms with E-state index in [4.69, 9.17) is 0 Å². The number of rotatable bonds is 4. The molecular formula is C18H26N2O3. The predicted molar refractivity (Wildman–Crippen MR) is 89.4 cm³/mol. The SMILES string of the molecule is CCN(C)C(=O)c1cccc(C(=O)N2CCCCC2C(C)O)c1. The van der Waals surface area contributed by atoms with Gasteiger partial charge in [0.2, 0.25) is 0 Å². The van der Waals surface area contributed by atoms with Crippen molar-refractivity contribution in [2.75, 3.05) is 20.1 Å². The molecule has 5 heteroatoms. The van der Waals surface area contributed by atoms with Crippen molar-refractivity contribution in [2.24, 2.45) is 0 Å². The quantitative estimate of drug-likeness (QED) is 0.925. The maximum atomic E-state index is 12.8. The molecule has 23 heavy (non-hydrogen) atoms. The van der Waals surface area contributed by atoms with Gasteiger partial charge in [-0.25, -0.2) is 0 Å². The normalized spacial score (nSPS) is 19.3. The lowest BCUT2D eigenvalue weighted by atomic mass is 9.96. The molecule has 1 aromatic carbocycles. The fraction of sp³-hybridized carbons (Fsp3) is 0.556. The smallest absolute Gasteiger partial charge is 0.254 e. The molecule has 1 aliphatic heterocycles. The second-order valence-corrected chi connectivity index (χ2v) is 6.20. The number of carbonyl (C=O) groups is 2. The van der Waals surface area contributed by atoms with Crippen molar-refractivity contribution in [1.82, 2.24) is 9.80 Å². The standard InChI is InChI=1S/C18H26N2O3/c1-4-19(3)17(22)14-8-7-9-15(12-14)18(23)20-11-6-5-10-16(20)13(2)21/h7-9,12-13,16,21H,4-6,10-11H2,1-3H3. The first kappa shape index (κ1) is 17.5. The summed E-state index contributed by atoms with van der Waals surface area (Å²) in [4.78, 5) is 28.4. The van der Waals surface area contributed by atoms with Crippen LogP contribution in [0.4, 0.5) is 0 Å². The summed E-state index contributed by atoms with van der Waals surface area (Å²) in [5, 5.41) is 9.94. The Balaban J connectivity index is 2.23. The van der Waals surface area contributed by atoms with Crippen LogP contribution in [0, 0.1) is 0 Å². The number of hydrogen-bond acceptors (Lipinski definition) is 3. The molecule has 5 nitrogen and oxygen atoms in total. The van der Waals surface area contributed by atoms with E-state index in [-0.39, 0.29) is 17.9 Å². The molecule has 2 amide bonds. The predicted octanol–water partition coefficient (Wildman–Crippen LogP) is 2.15. The summed E-state index contributed by atoms with van der Waals surface area (Å²) in [6.45, 7) is 4.91. The lowest BCUT2D eigenvalue weighted by Gasteiger charge is -2.37. The third kappa shape index (κ3) is 3.91. The van der Waals surface area contributed by atoms with Crippen molar-refractivity contribution in [1.29, 1.82) is 0 Å². The topological polar surface area (TPSA) is 60.9 Å². The molecule has 1 aromatic rings. The Morgan fingerprint density at radius 1 is 1.35 bits per heavy atom. The molecule has 2 unspecified atom stereocenters. The van der Waals surface area contributed by atoms with Gasteiger partial charge in [-0.3, -0.25) is 9.59 Å². The first-order valence-corrected chi connectivity index (χ1v) is 8.30. The minimum absolute atomic E-state index is 0.0899. The van der Waals surface area contributed by atoms with Crippen LogP contribution >= 0.6 is 0 Å².